The quantitative estimate of drug-likeness (QED) is 0.764. The van der Waals surface area contributed by atoms with E-state index >= 15 is 0 Å². The van der Waals surface area contributed by atoms with Crippen LogP contribution in [0.25, 0.3) is 0 Å². The van der Waals surface area contributed by atoms with E-state index in [0.29, 0.717) is 11.5 Å². The van der Waals surface area contributed by atoms with Gasteiger partial charge in [-0.05, 0) is 0 Å². The van der Waals surface area contributed by atoms with Gasteiger partial charge in [0.2, 0.25) is 0 Å². The summed E-state index contributed by atoms with van der Waals surface area (Å²) in [5.74, 6) is 0.595. The fraction of sp³-hybridized carbons (Fsp3) is 0. The van der Waals surface area contributed by atoms with E-state index in [-0.39, 0.29) is 19.8 Å². The van der Waals surface area contributed by atoms with Crippen molar-refractivity contribution in [3.8, 4) is 11.5 Å². The molecule has 2 N–H and O–H groups in total. The van der Waals surface area contributed by atoms with Crippen molar-refractivity contribution >= 4 is 7.56 Å². The molecular formula is C12H10AuO2. The van der Waals surface area contributed by atoms with Crippen molar-refractivity contribution in [1.82, 2.24) is 0 Å². The second-order valence-electron chi connectivity index (χ2n) is 2.94. The molecule has 2 aromatic rings. The van der Waals surface area contributed by atoms with Crippen molar-refractivity contribution in [3.05, 3.63) is 48.5 Å². The molecule has 3 heteroatoms. The molecule has 0 unspecified atom stereocenters. The van der Waals surface area contributed by atoms with E-state index in [9.17, 15) is 0 Å². The first-order chi connectivity index (χ1) is 7.24. The number of benzene rings is 2. The summed E-state index contributed by atoms with van der Waals surface area (Å²) in [5.41, 5.74) is 0. The average molecular weight is 383 g/mol. The molecule has 0 saturated carbocycles. The second kappa shape index (κ2) is 4.53. The molecule has 0 spiro atoms. The molecule has 0 aliphatic heterocycles. The fourth-order valence-electron chi connectivity index (χ4n) is 1.06. The van der Waals surface area contributed by atoms with Gasteiger partial charge in [-0.2, -0.15) is 0 Å². The summed E-state index contributed by atoms with van der Waals surface area (Å²) in [5, 5.41) is 18.3. The SMILES string of the molecule is Oc1cc[c]([Au][c]2ccc(O)cc2)cc1. The summed E-state index contributed by atoms with van der Waals surface area (Å²) < 4.78 is 2.47. The Kier molecular flexibility index (Phi) is 3.11. The summed E-state index contributed by atoms with van der Waals surface area (Å²) in [6.07, 6.45) is 0. The first kappa shape index (κ1) is 10.3. The van der Waals surface area contributed by atoms with Gasteiger partial charge < -0.3 is 0 Å². The van der Waals surface area contributed by atoms with Crippen LogP contribution in [0.1, 0.15) is 0 Å². The third-order valence-electron chi connectivity index (χ3n) is 1.78. The van der Waals surface area contributed by atoms with Gasteiger partial charge in [0.05, 0.1) is 0 Å². The Morgan fingerprint density at radius 1 is 0.600 bits per heavy atom. The van der Waals surface area contributed by atoms with Crippen molar-refractivity contribution in [2.75, 3.05) is 0 Å². The number of aromatic hydroxyl groups is 2. The Morgan fingerprint density at radius 3 is 1.27 bits per heavy atom. The van der Waals surface area contributed by atoms with Crippen LogP contribution < -0.4 is 7.56 Å². The molecule has 0 amide bonds. The Bertz CT molecular complexity index is 391. The van der Waals surface area contributed by atoms with E-state index in [0.717, 1.165) is 0 Å². The summed E-state index contributed by atoms with van der Waals surface area (Å²) in [7, 11) is 0. The normalized spacial score (nSPS) is 10.4. The van der Waals surface area contributed by atoms with Crippen LogP contribution in [0, 0.1) is 0 Å². The number of phenolic OH excluding ortho intramolecular Hbond substituents is 2. The van der Waals surface area contributed by atoms with Crippen LogP contribution in [-0.4, -0.2) is 10.2 Å². The topological polar surface area (TPSA) is 40.5 Å². The van der Waals surface area contributed by atoms with E-state index in [4.69, 9.17) is 10.2 Å². The average Bonchev–Trinajstić information content (AvgIpc) is 2.25. The minimum atomic E-state index is -0.100. The van der Waals surface area contributed by atoms with Gasteiger partial charge in [0.25, 0.3) is 0 Å². The Labute approximate surface area is 97.5 Å². The van der Waals surface area contributed by atoms with Crippen LogP contribution in [0.15, 0.2) is 48.5 Å². The van der Waals surface area contributed by atoms with Gasteiger partial charge in [-0.15, -0.1) is 0 Å². The molecular weight excluding hydrogens is 373 g/mol. The number of rotatable bonds is 2. The first-order valence-electron chi connectivity index (χ1n) is 4.39. The molecule has 2 aromatic carbocycles. The van der Waals surface area contributed by atoms with Crippen molar-refractivity contribution < 1.29 is 30.0 Å². The third kappa shape index (κ3) is 2.86. The van der Waals surface area contributed by atoms with Gasteiger partial charge in [0.15, 0.2) is 0 Å². The molecule has 15 heavy (non-hydrogen) atoms. The van der Waals surface area contributed by atoms with Crippen LogP contribution in [0.2, 0.25) is 0 Å². The van der Waals surface area contributed by atoms with Gasteiger partial charge in [-0.25, -0.2) is 0 Å². The van der Waals surface area contributed by atoms with Crippen LogP contribution in [0.3, 0.4) is 0 Å². The number of hydrogen-bond acceptors (Lipinski definition) is 2. The third-order valence-corrected chi connectivity index (χ3v) is 4.47. The first-order valence-corrected chi connectivity index (χ1v) is 6.56. The summed E-state index contributed by atoms with van der Waals surface area (Å²) in [6, 6.07) is 14.5. The zero-order chi connectivity index (χ0) is 10.7. The van der Waals surface area contributed by atoms with E-state index in [1.807, 2.05) is 24.3 Å². The van der Waals surface area contributed by atoms with E-state index in [1.54, 1.807) is 24.3 Å². The molecule has 0 radical (unpaired) electrons. The van der Waals surface area contributed by atoms with Crippen LogP contribution in [0.5, 0.6) is 11.5 Å². The molecule has 81 valence electrons. The zero-order valence-electron chi connectivity index (χ0n) is 7.81. The maximum absolute atomic E-state index is 9.14. The molecule has 0 fully saturated rings. The van der Waals surface area contributed by atoms with E-state index in [1.165, 1.54) is 7.56 Å². The summed E-state index contributed by atoms with van der Waals surface area (Å²) >= 11 is -0.100. The van der Waals surface area contributed by atoms with Crippen molar-refractivity contribution in [3.63, 3.8) is 0 Å². The van der Waals surface area contributed by atoms with Gasteiger partial charge in [0.1, 0.15) is 0 Å². The monoisotopic (exact) mass is 383 g/mol. The molecule has 0 aliphatic carbocycles. The molecule has 0 saturated heterocycles. The maximum atomic E-state index is 9.14. The van der Waals surface area contributed by atoms with Crippen LogP contribution in [-0.2, 0) is 19.8 Å². The predicted molar refractivity (Wildman–Crippen MR) is 55.5 cm³/mol. The van der Waals surface area contributed by atoms with E-state index in [2.05, 4.69) is 0 Å². The fourth-order valence-corrected chi connectivity index (χ4v) is 3.22. The van der Waals surface area contributed by atoms with E-state index < -0.39 is 0 Å². The molecule has 0 aliphatic rings. The van der Waals surface area contributed by atoms with Gasteiger partial charge in [-0.1, -0.05) is 0 Å². The Morgan fingerprint density at radius 2 is 0.933 bits per heavy atom. The predicted octanol–water partition coefficient (Wildman–Crippen LogP) is 1.13. The van der Waals surface area contributed by atoms with Gasteiger partial charge in [-0.3, -0.25) is 0 Å². The van der Waals surface area contributed by atoms with Crippen LogP contribution in [0.4, 0.5) is 0 Å². The number of phenols is 2. The summed E-state index contributed by atoms with van der Waals surface area (Å²) in [6.45, 7) is 0. The molecule has 0 heterocycles. The minimum absolute atomic E-state index is 0.100. The van der Waals surface area contributed by atoms with Gasteiger partial charge in [0, 0.05) is 0 Å². The van der Waals surface area contributed by atoms with Crippen molar-refractivity contribution in [1.29, 1.82) is 0 Å². The Hall–Kier alpha value is -1.22. The molecule has 0 atom stereocenters. The summed E-state index contributed by atoms with van der Waals surface area (Å²) in [4.78, 5) is 0. The Balaban J connectivity index is 2.15. The van der Waals surface area contributed by atoms with Crippen molar-refractivity contribution in [2.45, 2.75) is 0 Å². The number of hydrogen-bond donors (Lipinski definition) is 2. The van der Waals surface area contributed by atoms with Crippen molar-refractivity contribution in [2.24, 2.45) is 0 Å². The van der Waals surface area contributed by atoms with Gasteiger partial charge >= 0.3 is 97.6 Å². The molecule has 2 rings (SSSR count). The zero-order valence-corrected chi connectivity index (χ0v) is 9.98. The molecule has 0 bridgehead atoms. The second-order valence-corrected chi connectivity index (χ2v) is 5.98. The van der Waals surface area contributed by atoms with Crippen LogP contribution >= 0.6 is 0 Å². The molecule has 0 aromatic heterocycles. The standard InChI is InChI=1S/2C6H5O.Au/c2*7-6-4-2-1-3-5-6;/h2*2-5,7H;. The molecule has 2 nitrogen and oxygen atoms in total.